The number of hydrogen-bond donors (Lipinski definition) is 0. The van der Waals surface area contributed by atoms with Crippen LogP contribution in [0, 0.1) is 33.8 Å². The number of nitrogens with zero attached hydrogens (tertiary/aromatic N) is 3. The van der Waals surface area contributed by atoms with Crippen LogP contribution in [-0.2, 0) is 14.3 Å². The van der Waals surface area contributed by atoms with E-state index in [9.17, 15) is 29.3 Å². The van der Waals surface area contributed by atoms with Crippen molar-refractivity contribution < 1.29 is 28.8 Å². The maximum Gasteiger partial charge on any atom is 0.339 e. The molecule has 0 spiro atoms. The lowest BCUT2D eigenvalue weighted by Gasteiger charge is -2.19. The van der Waals surface area contributed by atoms with E-state index in [1.54, 1.807) is 54.6 Å². The highest BCUT2D eigenvalue weighted by molar-refractivity contribution is 6.23. The largest absolute Gasteiger partial charge is 0.454 e. The third-order valence-corrected chi connectivity index (χ3v) is 8.97. The van der Waals surface area contributed by atoms with Crippen molar-refractivity contribution in [2.24, 2.45) is 23.7 Å². The number of ether oxygens (including phenoxy) is 1. The number of para-hydroxylation sites is 1. The van der Waals surface area contributed by atoms with Crippen LogP contribution in [0.5, 0.6) is 0 Å². The van der Waals surface area contributed by atoms with Crippen LogP contribution < -0.4 is 4.90 Å². The number of benzene rings is 3. The molecule has 2 aliphatic carbocycles. The fourth-order valence-electron chi connectivity index (χ4n) is 6.86. The number of aromatic nitrogens is 1. The van der Waals surface area contributed by atoms with Crippen molar-refractivity contribution in [3.8, 4) is 11.3 Å². The Labute approximate surface area is 251 Å². The Morgan fingerprint density at radius 1 is 0.977 bits per heavy atom. The molecular weight excluding hydrogens is 562 g/mol. The molecule has 3 aliphatic rings. The summed E-state index contributed by atoms with van der Waals surface area (Å²) in [5, 5.41) is 11.4. The van der Waals surface area contributed by atoms with Crippen molar-refractivity contribution in [3.05, 3.63) is 112 Å². The van der Waals surface area contributed by atoms with Crippen molar-refractivity contribution in [2.45, 2.75) is 13.3 Å². The van der Waals surface area contributed by atoms with Gasteiger partial charge in [0.05, 0.1) is 39.2 Å². The third-order valence-electron chi connectivity index (χ3n) is 8.97. The van der Waals surface area contributed by atoms with Crippen molar-refractivity contribution in [1.82, 2.24) is 4.98 Å². The number of anilines is 1. The van der Waals surface area contributed by atoms with Crippen molar-refractivity contribution in [3.63, 3.8) is 0 Å². The number of carbonyl (C=O) groups excluding carboxylic acids is 4. The first-order valence-electron chi connectivity index (χ1n) is 14.2. The van der Waals surface area contributed by atoms with Gasteiger partial charge in [-0.25, -0.2) is 9.78 Å². The maximum absolute atomic E-state index is 13.4. The van der Waals surface area contributed by atoms with Crippen molar-refractivity contribution in [2.75, 3.05) is 11.5 Å². The van der Waals surface area contributed by atoms with E-state index in [1.807, 2.05) is 6.92 Å². The second-order valence-corrected chi connectivity index (χ2v) is 11.4. The molecule has 0 N–H and O–H groups in total. The number of nitro groups is 1. The number of Topliss-reactive ketones (excluding diaryl/α,β-unsaturated/α-hetero) is 1. The number of fused-ring (bicyclic) bond motifs is 6. The Balaban J connectivity index is 1.12. The van der Waals surface area contributed by atoms with Crippen LogP contribution in [0.2, 0.25) is 0 Å². The number of ketones is 1. The highest BCUT2D eigenvalue weighted by Crippen LogP contribution is 2.56. The summed E-state index contributed by atoms with van der Waals surface area (Å²) in [5.41, 5.74) is 3.61. The summed E-state index contributed by atoms with van der Waals surface area (Å²) in [7, 11) is 0. The molecule has 3 aromatic carbocycles. The Hall–Kier alpha value is -5.51. The number of amides is 2. The standard InChI is InChI=1S/C34H25N3O7/c1-18-14-21-15-25(18)31-30(21)32(39)36(33(31)40)22-10-6-19(7-11-22)28-16-26(24-4-2-3-5-27(24)35-28)34(41)44-17-29(38)20-8-12-23(13-9-20)37(42)43/h2-14,16,21,25,30-31H,15,17H2,1H3. The smallest absolute Gasteiger partial charge is 0.339 e. The van der Waals surface area contributed by atoms with Crippen LogP contribution in [-0.4, -0.2) is 40.1 Å². The molecule has 4 unspecified atom stereocenters. The SMILES string of the molecule is CC1=CC2CC1C1C(=O)N(c3ccc(-c4cc(C(=O)OCC(=O)c5ccc([N+](=O)[O-])cc5)c5ccccc5n4)cc3)C(=O)C21. The molecule has 0 radical (unpaired) electrons. The van der Waals surface area contributed by atoms with Crippen LogP contribution in [0.4, 0.5) is 11.4 Å². The summed E-state index contributed by atoms with van der Waals surface area (Å²) in [5.74, 6) is -1.86. The first kappa shape index (κ1) is 27.3. The van der Waals surface area contributed by atoms with E-state index in [0.717, 1.165) is 6.42 Å². The van der Waals surface area contributed by atoms with E-state index in [2.05, 4.69) is 6.08 Å². The van der Waals surface area contributed by atoms with Crippen LogP contribution in [0.15, 0.2) is 90.5 Å². The van der Waals surface area contributed by atoms with Gasteiger partial charge in [0.25, 0.3) is 5.69 Å². The minimum atomic E-state index is -0.727. The lowest BCUT2D eigenvalue weighted by atomic mass is 9.82. The lowest BCUT2D eigenvalue weighted by molar-refractivity contribution is -0.384. The fourth-order valence-corrected chi connectivity index (χ4v) is 6.86. The third kappa shape index (κ3) is 4.38. The van der Waals surface area contributed by atoms with Gasteiger partial charge in [-0.15, -0.1) is 0 Å². The molecule has 2 bridgehead atoms. The zero-order valence-corrected chi connectivity index (χ0v) is 23.5. The van der Waals surface area contributed by atoms with Gasteiger partial charge >= 0.3 is 5.97 Å². The average molecular weight is 588 g/mol. The minimum Gasteiger partial charge on any atom is -0.454 e. The van der Waals surface area contributed by atoms with E-state index < -0.39 is 23.3 Å². The zero-order valence-electron chi connectivity index (χ0n) is 23.5. The van der Waals surface area contributed by atoms with Gasteiger partial charge in [-0.3, -0.25) is 29.4 Å². The molecule has 10 heteroatoms. The predicted molar refractivity (Wildman–Crippen MR) is 160 cm³/mol. The first-order chi connectivity index (χ1) is 21.2. The molecule has 2 amide bonds. The molecule has 1 saturated carbocycles. The van der Waals surface area contributed by atoms with Gasteiger partial charge < -0.3 is 4.74 Å². The van der Waals surface area contributed by atoms with E-state index >= 15 is 0 Å². The highest BCUT2D eigenvalue weighted by Gasteiger charge is 2.60. The average Bonchev–Trinajstić information content (AvgIpc) is 3.68. The van der Waals surface area contributed by atoms with Gasteiger partial charge in [0.1, 0.15) is 0 Å². The van der Waals surface area contributed by atoms with Crippen LogP contribution >= 0.6 is 0 Å². The first-order valence-corrected chi connectivity index (χ1v) is 14.2. The van der Waals surface area contributed by atoms with Crippen LogP contribution in [0.25, 0.3) is 22.2 Å². The molecule has 1 saturated heterocycles. The monoisotopic (exact) mass is 587 g/mol. The number of non-ortho nitro benzene ring substituents is 1. The molecular formula is C34H25N3O7. The van der Waals surface area contributed by atoms with Gasteiger partial charge in [-0.05, 0) is 61.6 Å². The number of rotatable bonds is 7. The Morgan fingerprint density at radius 2 is 1.68 bits per heavy atom. The second-order valence-electron chi connectivity index (χ2n) is 11.4. The molecule has 218 valence electrons. The summed E-state index contributed by atoms with van der Waals surface area (Å²) in [6.07, 6.45) is 3.01. The quantitative estimate of drug-likeness (QED) is 0.0685. The number of pyridine rings is 1. The van der Waals surface area contributed by atoms with E-state index in [-0.39, 0.29) is 52.3 Å². The summed E-state index contributed by atoms with van der Waals surface area (Å²) >= 11 is 0. The van der Waals surface area contributed by atoms with Gasteiger partial charge in [-0.2, -0.15) is 0 Å². The normalized spacial score (nSPS) is 21.8. The molecule has 1 aliphatic heterocycles. The van der Waals surface area contributed by atoms with Crippen LogP contribution in [0.1, 0.15) is 34.1 Å². The van der Waals surface area contributed by atoms with Gasteiger partial charge in [-0.1, -0.05) is 42.0 Å². The Kier molecular flexibility index (Phi) is 6.42. The highest BCUT2D eigenvalue weighted by atomic mass is 16.6. The maximum atomic E-state index is 13.4. The molecule has 10 nitrogen and oxygen atoms in total. The molecule has 4 atom stereocenters. The van der Waals surface area contributed by atoms with Gasteiger partial charge in [0.15, 0.2) is 12.4 Å². The second kappa shape index (κ2) is 10.3. The number of hydrogen-bond acceptors (Lipinski definition) is 8. The Bertz CT molecular complexity index is 1930. The minimum absolute atomic E-state index is 0.120. The van der Waals surface area contributed by atoms with E-state index in [4.69, 9.17) is 9.72 Å². The molecule has 4 aromatic rings. The molecule has 7 rings (SSSR count). The van der Waals surface area contributed by atoms with Crippen molar-refractivity contribution in [1.29, 1.82) is 0 Å². The summed E-state index contributed by atoms with van der Waals surface area (Å²) in [4.78, 5) is 68.8. The Morgan fingerprint density at radius 3 is 2.41 bits per heavy atom. The van der Waals surface area contributed by atoms with Crippen LogP contribution in [0.3, 0.4) is 0 Å². The van der Waals surface area contributed by atoms with E-state index in [1.165, 1.54) is 34.7 Å². The topological polar surface area (TPSA) is 137 Å². The predicted octanol–water partition coefficient (Wildman–Crippen LogP) is 5.55. The number of esters is 1. The summed E-state index contributed by atoms with van der Waals surface area (Å²) < 4.78 is 5.36. The molecule has 2 fully saturated rings. The molecule has 1 aromatic heterocycles. The summed E-state index contributed by atoms with van der Waals surface area (Å²) in [6, 6.07) is 20.6. The molecule has 44 heavy (non-hydrogen) atoms. The number of nitro benzene ring substituents is 1. The molecule has 2 heterocycles. The van der Waals surface area contributed by atoms with E-state index in [0.29, 0.717) is 27.8 Å². The van der Waals surface area contributed by atoms with Gasteiger partial charge in [0, 0.05) is 28.6 Å². The summed E-state index contributed by atoms with van der Waals surface area (Å²) in [6.45, 7) is 1.49. The van der Waals surface area contributed by atoms with Crippen molar-refractivity contribution >= 4 is 45.8 Å². The lowest BCUT2D eigenvalue weighted by Crippen LogP contribution is -2.32. The number of allylic oxidation sites excluding steroid dienone is 2. The number of imide groups is 1. The number of carbonyl (C=O) groups is 4. The van der Waals surface area contributed by atoms with Gasteiger partial charge in [0.2, 0.25) is 11.8 Å². The fraction of sp³-hybridized carbons (Fsp3) is 0.206. The zero-order chi connectivity index (χ0) is 30.7.